The van der Waals surface area contributed by atoms with Gasteiger partial charge in [0.05, 0.1) is 0 Å². The highest BCUT2D eigenvalue weighted by Crippen LogP contribution is 2.39. The fourth-order valence-corrected chi connectivity index (χ4v) is 2.60. The number of hydrogen-bond donors (Lipinski definition) is 1. The first-order valence-electron chi connectivity index (χ1n) is 5.76. The van der Waals surface area contributed by atoms with E-state index in [-0.39, 0.29) is 0 Å². The summed E-state index contributed by atoms with van der Waals surface area (Å²) >= 11 is 0. The molecule has 1 fully saturated rings. The van der Waals surface area contributed by atoms with E-state index in [0.717, 1.165) is 12.0 Å². The van der Waals surface area contributed by atoms with Gasteiger partial charge in [-0.2, -0.15) is 0 Å². The summed E-state index contributed by atoms with van der Waals surface area (Å²) < 4.78 is 0. The Morgan fingerprint density at radius 2 is 1.85 bits per heavy atom. The SMILES string of the molecule is CCC(NC)C1CCC(C)(C)CC1. The minimum atomic E-state index is 0.614. The molecule has 0 bridgehead atoms. The lowest BCUT2D eigenvalue weighted by molar-refractivity contribution is 0.162. The van der Waals surface area contributed by atoms with Crippen LogP contribution in [0.5, 0.6) is 0 Å². The summed E-state index contributed by atoms with van der Waals surface area (Å²) in [5.41, 5.74) is 0.614. The van der Waals surface area contributed by atoms with E-state index in [1.54, 1.807) is 0 Å². The second-order valence-corrected chi connectivity index (χ2v) is 5.31. The standard InChI is InChI=1S/C12H25N/c1-5-11(13-4)10-6-8-12(2,3)9-7-10/h10-11,13H,5-9H2,1-4H3. The summed E-state index contributed by atoms with van der Waals surface area (Å²) in [5.74, 6) is 0.933. The summed E-state index contributed by atoms with van der Waals surface area (Å²) in [6, 6.07) is 0.760. The van der Waals surface area contributed by atoms with E-state index in [4.69, 9.17) is 0 Å². The van der Waals surface area contributed by atoms with Crippen LogP contribution >= 0.6 is 0 Å². The van der Waals surface area contributed by atoms with E-state index in [2.05, 4.69) is 33.1 Å². The predicted octanol–water partition coefficient (Wildman–Crippen LogP) is 3.20. The summed E-state index contributed by atoms with van der Waals surface area (Å²) in [5, 5.41) is 3.45. The van der Waals surface area contributed by atoms with Gasteiger partial charge in [0.1, 0.15) is 0 Å². The van der Waals surface area contributed by atoms with Gasteiger partial charge >= 0.3 is 0 Å². The molecule has 0 heterocycles. The predicted molar refractivity (Wildman–Crippen MR) is 58.9 cm³/mol. The van der Waals surface area contributed by atoms with Crippen LogP contribution in [0.3, 0.4) is 0 Å². The van der Waals surface area contributed by atoms with Crippen molar-refractivity contribution >= 4 is 0 Å². The Hall–Kier alpha value is -0.0400. The lowest BCUT2D eigenvalue weighted by atomic mass is 9.71. The van der Waals surface area contributed by atoms with Crippen molar-refractivity contribution in [2.75, 3.05) is 7.05 Å². The number of hydrogen-bond acceptors (Lipinski definition) is 1. The summed E-state index contributed by atoms with van der Waals surface area (Å²) in [4.78, 5) is 0. The van der Waals surface area contributed by atoms with Crippen molar-refractivity contribution in [2.24, 2.45) is 11.3 Å². The van der Waals surface area contributed by atoms with E-state index in [1.165, 1.54) is 32.1 Å². The minimum Gasteiger partial charge on any atom is -0.317 e. The lowest BCUT2D eigenvalue weighted by Crippen LogP contribution is -2.36. The van der Waals surface area contributed by atoms with Crippen molar-refractivity contribution in [1.82, 2.24) is 5.32 Å². The highest BCUT2D eigenvalue weighted by Gasteiger charge is 2.29. The molecule has 0 spiro atoms. The molecule has 1 saturated carbocycles. The van der Waals surface area contributed by atoms with Gasteiger partial charge in [-0.15, -0.1) is 0 Å². The number of rotatable bonds is 3. The van der Waals surface area contributed by atoms with Gasteiger partial charge in [0, 0.05) is 6.04 Å². The topological polar surface area (TPSA) is 12.0 Å². The zero-order chi connectivity index (χ0) is 9.90. The van der Waals surface area contributed by atoms with Crippen LogP contribution in [0.1, 0.15) is 52.9 Å². The third-order valence-corrected chi connectivity index (χ3v) is 3.76. The van der Waals surface area contributed by atoms with Gasteiger partial charge < -0.3 is 5.32 Å². The van der Waals surface area contributed by atoms with E-state index in [9.17, 15) is 0 Å². The van der Waals surface area contributed by atoms with Crippen molar-refractivity contribution < 1.29 is 0 Å². The molecule has 1 aliphatic carbocycles. The quantitative estimate of drug-likeness (QED) is 0.708. The molecule has 1 aliphatic rings. The molecule has 1 N–H and O–H groups in total. The average Bonchev–Trinajstić information content (AvgIpc) is 2.09. The zero-order valence-electron chi connectivity index (χ0n) is 9.69. The van der Waals surface area contributed by atoms with Crippen LogP contribution in [0, 0.1) is 11.3 Å². The fourth-order valence-electron chi connectivity index (χ4n) is 2.60. The Labute approximate surface area is 83.3 Å². The molecule has 0 aromatic carbocycles. The molecule has 0 radical (unpaired) electrons. The van der Waals surface area contributed by atoms with Gasteiger partial charge in [-0.3, -0.25) is 0 Å². The molecular weight excluding hydrogens is 158 g/mol. The third kappa shape index (κ3) is 2.98. The molecule has 1 nitrogen and oxygen atoms in total. The molecule has 1 rings (SSSR count). The van der Waals surface area contributed by atoms with Gasteiger partial charge in [0.25, 0.3) is 0 Å². The van der Waals surface area contributed by atoms with Crippen molar-refractivity contribution in [3.63, 3.8) is 0 Å². The first-order valence-corrected chi connectivity index (χ1v) is 5.76. The minimum absolute atomic E-state index is 0.614. The van der Waals surface area contributed by atoms with Crippen molar-refractivity contribution in [3.8, 4) is 0 Å². The Morgan fingerprint density at radius 3 is 2.23 bits per heavy atom. The van der Waals surface area contributed by atoms with Gasteiger partial charge in [-0.05, 0) is 50.5 Å². The molecule has 0 amide bonds. The highest BCUT2D eigenvalue weighted by molar-refractivity contribution is 4.83. The first kappa shape index (κ1) is 11.0. The maximum atomic E-state index is 3.45. The normalized spacial score (nSPS) is 25.8. The summed E-state index contributed by atoms with van der Waals surface area (Å²) in [6.45, 7) is 7.11. The summed E-state index contributed by atoms with van der Waals surface area (Å²) in [6.07, 6.45) is 6.95. The van der Waals surface area contributed by atoms with Crippen molar-refractivity contribution in [3.05, 3.63) is 0 Å². The van der Waals surface area contributed by atoms with Gasteiger partial charge in [-0.25, -0.2) is 0 Å². The molecule has 1 atom stereocenters. The Morgan fingerprint density at radius 1 is 1.31 bits per heavy atom. The lowest BCUT2D eigenvalue weighted by Gasteiger charge is -2.37. The van der Waals surface area contributed by atoms with Crippen molar-refractivity contribution in [2.45, 2.75) is 58.9 Å². The molecular formula is C12H25N. The van der Waals surface area contributed by atoms with Crippen LogP contribution in [0.25, 0.3) is 0 Å². The molecule has 0 aromatic rings. The Balaban J connectivity index is 2.39. The molecule has 1 unspecified atom stereocenters. The third-order valence-electron chi connectivity index (χ3n) is 3.76. The summed E-state index contributed by atoms with van der Waals surface area (Å²) in [7, 11) is 2.11. The monoisotopic (exact) mass is 183 g/mol. The van der Waals surface area contributed by atoms with E-state index >= 15 is 0 Å². The molecule has 0 aliphatic heterocycles. The first-order chi connectivity index (χ1) is 6.09. The van der Waals surface area contributed by atoms with Crippen LogP contribution in [-0.2, 0) is 0 Å². The number of nitrogens with one attached hydrogen (secondary N) is 1. The van der Waals surface area contributed by atoms with Crippen LogP contribution in [0.2, 0.25) is 0 Å². The largest absolute Gasteiger partial charge is 0.317 e. The average molecular weight is 183 g/mol. The second-order valence-electron chi connectivity index (χ2n) is 5.31. The smallest absolute Gasteiger partial charge is 0.00897 e. The van der Waals surface area contributed by atoms with Gasteiger partial charge in [0.15, 0.2) is 0 Å². The molecule has 0 aromatic heterocycles. The maximum Gasteiger partial charge on any atom is 0.00897 e. The highest BCUT2D eigenvalue weighted by atomic mass is 14.9. The van der Waals surface area contributed by atoms with E-state index < -0.39 is 0 Å². The van der Waals surface area contributed by atoms with E-state index in [0.29, 0.717) is 5.41 Å². The van der Waals surface area contributed by atoms with E-state index in [1.807, 2.05) is 0 Å². The molecule has 0 saturated heterocycles. The molecule has 78 valence electrons. The van der Waals surface area contributed by atoms with Crippen LogP contribution in [0.15, 0.2) is 0 Å². The maximum absolute atomic E-state index is 3.45. The molecule has 13 heavy (non-hydrogen) atoms. The van der Waals surface area contributed by atoms with Gasteiger partial charge in [-0.1, -0.05) is 20.8 Å². The Bertz CT molecular complexity index is 137. The zero-order valence-corrected chi connectivity index (χ0v) is 9.69. The van der Waals surface area contributed by atoms with Crippen LogP contribution in [0.4, 0.5) is 0 Å². The van der Waals surface area contributed by atoms with Gasteiger partial charge in [0.2, 0.25) is 0 Å². The molecule has 1 heteroatoms. The van der Waals surface area contributed by atoms with Crippen molar-refractivity contribution in [1.29, 1.82) is 0 Å². The van der Waals surface area contributed by atoms with Crippen LogP contribution < -0.4 is 5.32 Å². The second kappa shape index (κ2) is 4.45. The fraction of sp³-hybridized carbons (Fsp3) is 1.00. The Kier molecular flexibility index (Phi) is 3.78. The van der Waals surface area contributed by atoms with Crippen LogP contribution in [-0.4, -0.2) is 13.1 Å².